The second kappa shape index (κ2) is 4.75. The molecule has 2 heterocycles. The van der Waals surface area contributed by atoms with Gasteiger partial charge in [0.05, 0.1) is 28.4 Å². The van der Waals surface area contributed by atoms with Crippen molar-refractivity contribution in [2.24, 2.45) is 0 Å². The van der Waals surface area contributed by atoms with Gasteiger partial charge in [0.15, 0.2) is 0 Å². The molecule has 104 valence electrons. The van der Waals surface area contributed by atoms with E-state index in [1.807, 2.05) is 0 Å². The van der Waals surface area contributed by atoms with Crippen molar-refractivity contribution in [2.75, 3.05) is 7.05 Å². The van der Waals surface area contributed by atoms with Crippen molar-refractivity contribution in [3.8, 4) is 0 Å². The average Bonchev–Trinajstić information content (AvgIpc) is 2.92. The zero-order valence-corrected chi connectivity index (χ0v) is 12.1. The number of hydrogen-bond acceptors (Lipinski definition) is 3. The molecule has 5 nitrogen and oxygen atoms in total. The maximum Gasteiger partial charge on any atom is 0.252 e. The number of aromatic nitrogens is 2. The van der Waals surface area contributed by atoms with Crippen LogP contribution in [0.4, 0.5) is 0 Å². The number of halogens is 2. The summed E-state index contributed by atoms with van der Waals surface area (Å²) in [6.45, 7) is 0. The fourth-order valence-corrected chi connectivity index (χ4v) is 2.97. The molecule has 2 amide bonds. The molecule has 7 heteroatoms. The number of carbonyl (C=O) groups excluding carboxylic acids is 2. The van der Waals surface area contributed by atoms with Crippen LogP contribution < -0.4 is 0 Å². The Labute approximate surface area is 125 Å². The van der Waals surface area contributed by atoms with Crippen LogP contribution in [0.3, 0.4) is 0 Å². The number of imidazole rings is 1. The van der Waals surface area contributed by atoms with Gasteiger partial charge in [-0.15, -0.1) is 11.6 Å². The Morgan fingerprint density at radius 1 is 1.40 bits per heavy atom. The number of imide groups is 1. The van der Waals surface area contributed by atoms with Crippen molar-refractivity contribution in [1.29, 1.82) is 0 Å². The zero-order valence-electron chi connectivity index (χ0n) is 10.6. The van der Waals surface area contributed by atoms with Crippen molar-refractivity contribution in [3.63, 3.8) is 0 Å². The van der Waals surface area contributed by atoms with Gasteiger partial charge in [-0.1, -0.05) is 17.7 Å². The number of alkyl halides is 1. The Morgan fingerprint density at radius 3 is 2.75 bits per heavy atom. The Morgan fingerprint density at radius 2 is 2.15 bits per heavy atom. The third kappa shape index (κ3) is 1.81. The summed E-state index contributed by atoms with van der Waals surface area (Å²) in [5, 5.41) is 0.487. The van der Waals surface area contributed by atoms with E-state index in [9.17, 15) is 9.59 Å². The van der Waals surface area contributed by atoms with Crippen LogP contribution in [0.2, 0.25) is 5.02 Å². The van der Waals surface area contributed by atoms with Crippen molar-refractivity contribution in [1.82, 2.24) is 14.5 Å². The van der Waals surface area contributed by atoms with Gasteiger partial charge in [0.25, 0.3) is 5.91 Å². The highest BCUT2D eigenvalue weighted by Crippen LogP contribution is 2.33. The first kappa shape index (κ1) is 13.4. The minimum atomic E-state index is -0.619. The van der Waals surface area contributed by atoms with Gasteiger partial charge in [-0.3, -0.25) is 14.5 Å². The molecule has 1 aliphatic rings. The van der Waals surface area contributed by atoms with Crippen LogP contribution in [-0.4, -0.2) is 33.3 Å². The standard InChI is InChI=1S/C13H11Cl2N3O2/c1-17-11(19)5-9(13(17)20)18-10(6-14)16-8-4-2-3-7(15)12(8)18/h2-4,9H,5-6H2,1H3. The molecular weight excluding hydrogens is 301 g/mol. The first-order chi connectivity index (χ1) is 9.54. The summed E-state index contributed by atoms with van der Waals surface area (Å²) >= 11 is 12.1. The van der Waals surface area contributed by atoms with Gasteiger partial charge in [0, 0.05) is 7.05 Å². The van der Waals surface area contributed by atoms with E-state index in [2.05, 4.69) is 4.98 Å². The highest BCUT2D eigenvalue weighted by molar-refractivity contribution is 6.35. The molecule has 0 N–H and O–H groups in total. The number of likely N-dealkylation sites (tertiary alicyclic amines) is 1. The number of hydrogen-bond donors (Lipinski definition) is 0. The van der Waals surface area contributed by atoms with Crippen LogP contribution in [0.1, 0.15) is 18.3 Å². The van der Waals surface area contributed by atoms with Gasteiger partial charge >= 0.3 is 0 Å². The predicted octanol–water partition coefficient (Wildman–Crippen LogP) is 2.36. The molecular formula is C13H11Cl2N3O2. The average molecular weight is 312 g/mol. The molecule has 20 heavy (non-hydrogen) atoms. The van der Waals surface area contributed by atoms with Crippen LogP contribution in [0.25, 0.3) is 11.0 Å². The Bertz CT molecular complexity index is 726. The molecule has 3 rings (SSSR count). The highest BCUT2D eigenvalue weighted by Gasteiger charge is 2.39. The quantitative estimate of drug-likeness (QED) is 0.632. The van der Waals surface area contributed by atoms with E-state index < -0.39 is 6.04 Å². The monoisotopic (exact) mass is 311 g/mol. The van der Waals surface area contributed by atoms with E-state index in [-0.39, 0.29) is 24.1 Å². The van der Waals surface area contributed by atoms with Crippen LogP contribution >= 0.6 is 23.2 Å². The molecule has 1 fully saturated rings. The van der Waals surface area contributed by atoms with Crippen molar-refractivity contribution >= 4 is 46.0 Å². The van der Waals surface area contributed by atoms with Gasteiger partial charge in [-0.25, -0.2) is 4.98 Å². The number of fused-ring (bicyclic) bond motifs is 1. The van der Waals surface area contributed by atoms with Crippen LogP contribution in [0, 0.1) is 0 Å². The summed E-state index contributed by atoms with van der Waals surface area (Å²) in [6.07, 6.45) is 0.107. The first-order valence-corrected chi connectivity index (χ1v) is 6.97. The molecule has 0 radical (unpaired) electrons. The minimum Gasteiger partial charge on any atom is -0.313 e. The summed E-state index contributed by atoms with van der Waals surface area (Å²) in [6, 6.07) is 4.70. The molecule has 0 saturated carbocycles. The minimum absolute atomic E-state index is 0.107. The Kier molecular flexibility index (Phi) is 3.18. The fourth-order valence-electron chi connectivity index (χ4n) is 2.52. The predicted molar refractivity (Wildman–Crippen MR) is 75.7 cm³/mol. The second-order valence-corrected chi connectivity index (χ2v) is 5.32. The largest absolute Gasteiger partial charge is 0.313 e. The number of rotatable bonds is 2. The lowest BCUT2D eigenvalue weighted by Gasteiger charge is -2.14. The zero-order chi connectivity index (χ0) is 14.4. The van der Waals surface area contributed by atoms with Crippen molar-refractivity contribution in [3.05, 3.63) is 29.0 Å². The van der Waals surface area contributed by atoms with Crippen LogP contribution in [0.5, 0.6) is 0 Å². The van der Waals surface area contributed by atoms with E-state index in [0.717, 1.165) is 4.90 Å². The van der Waals surface area contributed by atoms with Crippen LogP contribution in [-0.2, 0) is 15.5 Å². The lowest BCUT2D eigenvalue weighted by Crippen LogP contribution is -2.27. The normalized spacial score (nSPS) is 19.4. The lowest BCUT2D eigenvalue weighted by molar-refractivity contribution is -0.137. The molecule has 0 spiro atoms. The number of likely N-dealkylation sites (N-methyl/N-ethyl adjacent to an activating group) is 1. The van der Waals surface area contributed by atoms with Crippen LogP contribution in [0.15, 0.2) is 18.2 Å². The molecule has 0 bridgehead atoms. The van der Waals surface area contributed by atoms with E-state index in [1.165, 1.54) is 7.05 Å². The molecule has 1 aromatic carbocycles. The van der Waals surface area contributed by atoms with Gasteiger partial charge < -0.3 is 4.57 Å². The summed E-state index contributed by atoms with van der Waals surface area (Å²) in [5.41, 5.74) is 1.31. The summed E-state index contributed by atoms with van der Waals surface area (Å²) < 4.78 is 1.69. The molecule has 1 aromatic heterocycles. The Hall–Kier alpha value is -1.59. The third-order valence-corrected chi connectivity index (χ3v) is 4.07. The number of amides is 2. The first-order valence-electron chi connectivity index (χ1n) is 6.06. The number of benzene rings is 1. The molecule has 0 aliphatic carbocycles. The SMILES string of the molecule is CN1C(=O)CC(n2c(CCl)nc3cccc(Cl)c32)C1=O. The summed E-state index contributed by atoms with van der Waals surface area (Å²) in [7, 11) is 1.48. The Balaban J connectivity index is 2.25. The molecule has 2 aromatic rings. The van der Waals surface area contributed by atoms with Crippen molar-refractivity contribution in [2.45, 2.75) is 18.3 Å². The van der Waals surface area contributed by atoms with Gasteiger partial charge in [-0.2, -0.15) is 0 Å². The van der Waals surface area contributed by atoms with E-state index >= 15 is 0 Å². The fraction of sp³-hybridized carbons (Fsp3) is 0.308. The second-order valence-electron chi connectivity index (χ2n) is 4.65. The maximum atomic E-state index is 12.2. The summed E-state index contributed by atoms with van der Waals surface area (Å²) in [4.78, 5) is 29.4. The van der Waals surface area contributed by atoms with E-state index in [0.29, 0.717) is 21.9 Å². The molecule has 1 atom stereocenters. The van der Waals surface area contributed by atoms with E-state index in [1.54, 1.807) is 22.8 Å². The van der Waals surface area contributed by atoms with Gasteiger partial charge in [0.1, 0.15) is 11.9 Å². The lowest BCUT2D eigenvalue weighted by atomic mass is 10.2. The third-order valence-electron chi connectivity index (χ3n) is 3.52. The summed E-state index contributed by atoms with van der Waals surface area (Å²) in [5.74, 6) is 0.207. The molecule has 1 unspecified atom stereocenters. The van der Waals surface area contributed by atoms with Crippen molar-refractivity contribution < 1.29 is 9.59 Å². The molecule has 1 aliphatic heterocycles. The number of para-hydroxylation sites is 1. The van der Waals surface area contributed by atoms with Gasteiger partial charge in [-0.05, 0) is 12.1 Å². The van der Waals surface area contributed by atoms with Gasteiger partial charge in [0.2, 0.25) is 5.91 Å². The maximum absolute atomic E-state index is 12.2. The molecule has 1 saturated heterocycles. The van der Waals surface area contributed by atoms with E-state index in [4.69, 9.17) is 23.2 Å². The topological polar surface area (TPSA) is 55.2 Å². The number of carbonyl (C=O) groups is 2. The smallest absolute Gasteiger partial charge is 0.252 e. The highest BCUT2D eigenvalue weighted by atomic mass is 35.5. The number of nitrogens with zero attached hydrogens (tertiary/aromatic N) is 3.